The van der Waals surface area contributed by atoms with Gasteiger partial charge in [0.2, 0.25) is 0 Å². The zero-order chi connectivity index (χ0) is 25.3. The van der Waals surface area contributed by atoms with Gasteiger partial charge in [-0.1, -0.05) is 30.3 Å². The van der Waals surface area contributed by atoms with E-state index in [1.165, 1.54) is 4.90 Å². The molecule has 1 atom stereocenters. The molecule has 0 spiro atoms. The molecule has 1 aromatic rings. The van der Waals surface area contributed by atoms with Gasteiger partial charge < -0.3 is 14.4 Å². The minimum absolute atomic E-state index is 0.0455. The van der Waals surface area contributed by atoms with E-state index in [0.717, 1.165) is 12.7 Å². The molecule has 3 rings (SSSR count). The molecule has 1 heterocycles. The second-order valence-electron chi connectivity index (χ2n) is 9.79. The van der Waals surface area contributed by atoms with Gasteiger partial charge in [0.05, 0.1) is 13.0 Å². The molecule has 7 nitrogen and oxygen atoms in total. The van der Waals surface area contributed by atoms with Crippen molar-refractivity contribution in [1.29, 1.82) is 0 Å². The average Bonchev–Trinajstić information content (AvgIpc) is 3.56. The van der Waals surface area contributed by atoms with Crippen LogP contribution in [0.2, 0.25) is 0 Å². The highest BCUT2D eigenvalue weighted by atomic mass is 19.4. The molecule has 2 aliphatic rings. The Kier molecular flexibility index (Phi) is 7.10. The topological polar surface area (TPSA) is 75.9 Å². The second-order valence-corrected chi connectivity index (χ2v) is 9.79. The Morgan fingerprint density at radius 2 is 1.68 bits per heavy atom. The third-order valence-corrected chi connectivity index (χ3v) is 6.14. The van der Waals surface area contributed by atoms with Crippen LogP contribution < -0.4 is 0 Å². The number of amides is 2. The predicted molar refractivity (Wildman–Crippen MR) is 116 cm³/mol. The quantitative estimate of drug-likeness (QED) is 0.480. The summed E-state index contributed by atoms with van der Waals surface area (Å²) in [6.07, 6.45) is -5.26. The normalized spacial score (nSPS) is 21.5. The van der Waals surface area contributed by atoms with E-state index in [1.807, 2.05) is 0 Å². The van der Waals surface area contributed by atoms with Crippen molar-refractivity contribution in [3.05, 3.63) is 35.9 Å². The van der Waals surface area contributed by atoms with Crippen molar-refractivity contribution in [1.82, 2.24) is 4.90 Å². The van der Waals surface area contributed by atoms with E-state index in [9.17, 15) is 27.6 Å². The van der Waals surface area contributed by atoms with E-state index >= 15 is 0 Å². The van der Waals surface area contributed by atoms with Gasteiger partial charge in [-0.3, -0.25) is 4.79 Å². The zero-order valence-corrected chi connectivity index (χ0v) is 19.8. The Morgan fingerprint density at radius 3 is 2.18 bits per heavy atom. The first-order chi connectivity index (χ1) is 15.8. The van der Waals surface area contributed by atoms with Crippen LogP contribution in [0.15, 0.2) is 30.3 Å². The van der Waals surface area contributed by atoms with Crippen LogP contribution >= 0.6 is 0 Å². The van der Waals surface area contributed by atoms with Crippen molar-refractivity contribution in [2.45, 2.75) is 57.7 Å². The lowest BCUT2D eigenvalue weighted by Crippen LogP contribution is -2.53. The second kappa shape index (κ2) is 9.38. The van der Waals surface area contributed by atoms with Crippen molar-refractivity contribution >= 4 is 23.7 Å². The SMILES string of the molecule is COC(=O)C1(C[N+](C(=O)C(F)(F)F)=C2CC2c2ccccc2)CCN(C(=O)OC(C)(C)C)CC1. The van der Waals surface area contributed by atoms with Crippen molar-refractivity contribution < 1.29 is 41.6 Å². The lowest BCUT2D eigenvalue weighted by molar-refractivity contribution is -0.481. The smallest absolute Gasteiger partial charge is 0.468 e. The molecule has 0 aromatic heterocycles. The van der Waals surface area contributed by atoms with Crippen LogP contribution in [-0.4, -0.2) is 71.7 Å². The summed E-state index contributed by atoms with van der Waals surface area (Å²) in [7, 11) is 1.16. The summed E-state index contributed by atoms with van der Waals surface area (Å²) in [6.45, 7) is 4.91. The third-order valence-electron chi connectivity index (χ3n) is 6.14. The summed E-state index contributed by atoms with van der Waals surface area (Å²) in [4.78, 5) is 39.1. The van der Waals surface area contributed by atoms with Crippen molar-refractivity contribution in [3.63, 3.8) is 0 Å². The molecule has 1 saturated carbocycles. The molecule has 34 heavy (non-hydrogen) atoms. The van der Waals surface area contributed by atoms with Crippen LogP contribution in [0.4, 0.5) is 18.0 Å². The van der Waals surface area contributed by atoms with Crippen molar-refractivity contribution in [2.24, 2.45) is 5.41 Å². The number of carbonyl (C=O) groups excluding carboxylic acids is 3. The number of alkyl halides is 3. The lowest BCUT2D eigenvalue weighted by atomic mass is 9.78. The first kappa shape index (κ1) is 25.7. The Hall–Kier alpha value is -2.91. The molecular formula is C24H30F3N2O5+. The number of likely N-dealkylation sites (tertiary alicyclic amines) is 1. The number of esters is 1. The number of nitrogens with zero attached hydrogens (tertiary/aromatic N) is 2. The van der Waals surface area contributed by atoms with Gasteiger partial charge in [0.25, 0.3) is 0 Å². The van der Waals surface area contributed by atoms with Gasteiger partial charge in [-0.2, -0.15) is 17.7 Å². The summed E-state index contributed by atoms with van der Waals surface area (Å²) >= 11 is 0. The summed E-state index contributed by atoms with van der Waals surface area (Å²) in [6, 6.07) is 8.95. The third kappa shape index (κ3) is 5.77. The number of hydrogen-bond acceptors (Lipinski definition) is 5. The van der Waals surface area contributed by atoms with Gasteiger partial charge in [0.1, 0.15) is 11.0 Å². The average molecular weight is 484 g/mol. The molecule has 1 unspecified atom stereocenters. The van der Waals surface area contributed by atoms with Crippen LogP contribution in [0, 0.1) is 5.41 Å². The highest BCUT2D eigenvalue weighted by Gasteiger charge is 2.58. The largest absolute Gasteiger partial charge is 0.521 e. The molecule has 186 valence electrons. The molecule has 1 saturated heterocycles. The van der Waals surface area contributed by atoms with Crippen LogP contribution in [0.5, 0.6) is 0 Å². The first-order valence-corrected chi connectivity index (χ1v) is 11.1. The Balaban J connectivity index is 1.88. The summed E-state index contributed by atoms with van der Waals surface area (Å²) in [5.41, 5.74) is -0.944. The maximum absolute atomic E-state index is 13.5. The molecule has 1 aliphatic carbocycles. The van der Waals surface area contributed by atoms with Crippen molar-refractivity contribution in [3.8, 4) is 0 Å². The molecule has 1 aliphatic heterocycles. The Bertz CT molecular complexity index is 975. The van der Waals surface area contributed by atoms with E-state index in [1.54, 1.807) is 51.1 Å². The fourth-order valence-corrected chi connectivity index (χ4v) is 4.29. The maximum atomic E-state index is 13.5. The standard InChI is InChI=1S/C24H30F3N2O5/c1-22(2,3)34-21(32)28-12-10-23(11-13-28,20(31)33-4)15-29(19(30)24(25,26)27)18-14-17(18)16-8-6-5-7-9-16/h5-9,17H,10-15H2,1-4H3/q+1. The monoisotopic (exact) mass is 483 g/mol. The molecule has 1 aromatic carbocycles. The summed E-state index contributed by atoms with van der Waals surface area (Å²) < 4.78 is 51.6. The fourth-order valence-electron chi connectivity index (χ4n) is 4.29. The molecule has 2 amide bonds. The highest BCUT2D eigenvalue weighted by molar-refractivity contribution is 6.05. The molecule has 0 radical (unpaired) electrons. The van der Waals surface area contributed by atoms with Crippen LogP contribution in [0.25, 0.3) is 0 Å². The van der Waals surface area contributed by atoms with Gasteiger partial charge in [-0.15, -0.1) is 0 Å². The molecule has 0 bridgehead atoms. The van der Waals surface area contributed by atoms with E-state index < -0.39 is 41.7 Å². The number of methoxy groups -OCH3 is 1. The number of halogens is 3. The number of ether oxygens (including phenoxy) is 2. The fraction of sp³-hybridized carbons (Fsp3) is 0.583. The first-order valence-electron chi connectivity index (χ1n) is 11.1. The zero-order valence-electron chi connectivity index (χ0n) is 19.8. The van der Waals surface area contributed by atoms with Crippen LogP contribution in [0.1, 0.15) is 51.5 Å². The highest BCUT2D eigenvalue weighted by Crippen LogP contribution is 2.41. The molecular weight excluding hydrogens is 453 g/mol. The van der Waals surface area contributed by atoms with Gasteiger partial charge in [0.15, 0.2) is 12.3 Å². The maximum Gasteiger partial charge on any atom is 0.521 e. The molecule has 0 N–H and O–H groups in total. The van der Waals surface area contributed by atoms with Gasteiger partial charge >= 0.3 is 24.1 Å². The number of hydrogen-bond donors (Lipinski definition) is 0. The molecule has 10 heteroatoms. The number of rotatable bonds is 4. The van der Waals surface area contributed by atoms with E-state index in [-0.39, 0.29) is 31.8 Å². The minimum Gasteiger partial charge on any atom is -0.468 e. The van der Waals surface area contributed by atoms with Crippen LogP contribution in [0.3, 0.4) is 0 Å². The number of piperidine rings is 1. The lowest BCUT2D eigenvalue weighted by Gasteiger charge is -2.38. The number of benzene rings is 1. The number of carbonyl (C=O) groups is 3. The predicted octanol–water partition coefficient (Wildman–Crippen LogP) is 3.91. The summed E-state index contributed by atoms with van der Waals surface area (Å²) in [5.74, 6) is -3.02. The molecule has 2 fully saturated rings. The van der Waals surface area contributed by atoms with E-state index in [4.69, 9.17) is 9.47 Å². The Labute approximate surface area is 196 Å². The van der Waals surface area contributed by atoms with Gasteiger partial charge in [-0.05, 0) is 39.2 Å². The van der Waals surface area contributed by atoms with Gasteiger partial charge in [-0.25, -0.2) is 9.59 Å². The van der Waals surface area contributed by atoms with Crippen LogP contribution in [-0.2, 0) is 19.1 Å². The summed E-state index contributed by atoms with van der Waals surface area (Å²) in [5, 5.41) is 0. The van der Waals surface area contributed by atoms with E-state index in [0.29, 0.717) is 16.7 Å². The minimum atomic E-state index is -5.09. The Morgan fingerprint density at radius 1 is 1.09 bits per heavy atom. The van der Waals surface area contributed by atoms with Gasteiger partial charge in [0, 0.05) is 19.5 Å². The van der Waals surface area contributed by atoms with E-state index in [2.05, 4.69) is 0 Å². The van der Waals surface area contributed by atoms with Crippen molar-refractivity contribution in [2.75, 3.05) is 26.7 Å².